The van der Waals surface area contributed by atoms with Gasteiger partial charge in [0.1, 0.15) is 5.75 Å². The van der Waals surface area contributed by atoms with Crippen LogP contribution in [-0.4, -0.2) is 43.8 Å². The molecule has 110 valence electrons. The molecular weight excluding hydrogens is 256 g/mol. The molecule has 0 aliphatic carbocycles. The number of hydrogen-bond acceptors (Lipinski definition) is 4. The van der Waals surface area contributed by atoms with Gasteiger partial charge in [0.2, 0.25) is 0 Å². The minimum absolute atomic E-state index is 0.202. The molecular formula is C15H22N2O3. The lowest BCUT2D eigenvalue weighted by atomic mass is 10.1. The Morgan fingerprint density at radius 2 is 2.15 bits per heavy atom. The monoisotopic (exact) mass is 278 g/mol. The summed E-state index contributed by atoms with van der Waals surface area (Å²) in [6, 6.07) is 8.29. The molecule has 0 aromatic heterocycles. The Morgan fingerprint density at radius 1 is 1.40 bits per heavy atom. The normalized spacial score (nSPS) is 15.8. The van der Waals surface area contributed by atoms with Crippen LogP contribution >= 0.6 is 0 Å². The van der Waals surface area contributed by atoms with E-state index < -0.39 is 0 Å². The Hall–Kier alpha value is -1.91. The Bertz CT molecular complexity index is 442. The number of methoxy groups -OCH3 is 1. The van der Waals surface area contributed by atoms with Gasteiger partial charge in [-0.2, -0.15) is 0 Å². The summed E-state index contributed by atoms with van der Waals surface area (Å²) < 4.78 is 10.2. The number of anilines is 1. The fourth-order valence-corrected chi connectivity index (χ4v) is 2.37. The summed E-state index contributed by atoms with van der Waals surface area (Å²) in [7, 11) is 1.66. The third-order valence-corrected chi connectivity index (χ3v) is 3.46. The first-order valence-corrected chi connectivity index (χ1v) is 7.05. The molecule has 1 aromatic carbocycles. The summed E-state index contributed by atoms with van der Waals surface area (Å²) in [6.45, 7) is 3.73. The van der Waals surface area contributed by atoms with Crippen molar-refractivity contribution in [3.05, 3.63) is 24.3 Å². The molecule has 1 aromatic rings. The van der Waals surface area contributed by atoms with Crippen molar-refractivity contribution < 1.29 is 14.3 Å². The number of amides is 1. The van der Waals surface area contributed by atoms with E-state index in [0.29, 0.717) is 12.6 Å². The van der Waals surface area contributed by atoms with Crippen LogP contribution in [0.3, 0.4) is 0 Å². The first-order valence-electron chi connectivity index (χ1n) is 7.05. The Balaban J connectivity index is 1.83. The number of carbonyl (C=O) groups is 1. The van der Waals surface area contributed by atoms with Gasteiger partial charge in [-0.05, 0) is 31.9 Å². The Labute approximate surface area is 119 Å². The molecule has 1 aliphatic heterocycles. The topological polar surface area (TPSA) is 50.8 Å². The van der Waals surface area contributed by atoms with Crippen LogP contribution in [0.15, 0.2) is 24.3 Å². The molecule has 2 rings (SSSR count). The molecule has 20 heavy (non-hydrogen) atoms. The highest BCUT2D eigenvalue weighted by Gasteiger charge is 2.23. The lowest BCUT2D eigenvalue weighted by Gasteiger charge is -2.32. The maximum atomic E-state index is 11.6. The summed E-state index contributed by atoms with van der Waals surface area (Å²) >= 11 is 0. The number of piperidine rings is 1. The van der Waals surface area contributed by atoms with Gasteiger partial charge in [-0.15, -0.1) is 0 Å². The van der Waals surface area contributed by atoms with E-state index in [1.807, 2.05) is 31.2 Å². The SMILES string of the molecule is CCOC(=O)N1CCC(Nc2cccc(OC)c2)CC1. The minimum atomic E-state index is -0.202. The molecule has 5 heteroatoms. The Kier molecular flexibility index (Phi) is 5.09. The van der Waals surface area contributed by atoms with E-state index in [2.05, 4.69) is 5.32 Å². The highest BCUT2D eigenvalue weighted by molar-refractivity contribution is 5.67. The highest BCUT2D eigenvalue weighted by atomic mass is 16.6. The molecule has 1 amide bonds. The van der Waals surface area contributed by atoms with Crippen LogP contribution < -0.4 is 10.1 Å². The van der Waals surface area contributed by atoms with Crippen LogP contribution in [0.2, 0.25) is 0 Å². The van der Waals surface area contributed by atoms with E-state index in [1.54, 1.807) is 12.0 Å². The summed E-state index contributed by atoms with van der Waals surface area (Å²) in [4.78, 5) is 13.4. The van der Waals surface area contributed by atoms with E-state index in [1.165, 1.54) is 0 Å². The lowest BCUT2D eigenvalue weighted by Crippen LogP contribution is -2.42. The second kappa shape index (κ2) is 7.03. The standard InChI is InChI=1S/C15H22N2O3/c1-3-20-15(18)17-9-7-12(8-10-17)16-13-5-4-6-14(11-13)19-2/h4-6,11-12,16H,3,7-10H2,1-2H3. The van der Waals surface area contributed by atoms with Gasteiger partial charge in [0.25, 0.3) is 0 Å². The number of hydrogen-bond donors (Lipinski definition) is 1. The summed E-state index contributed by atoms with van der Waals surface area (Å²) in [5.41, 5.74) is 1.05. The minimum Gasteiger partial charge on any atom is -0.497 e. The molecule has 1 fully saturated rings. The van der Waals surface area contributed by atoms with Crippen LogP contribution in [0, 0.1) is 0 Å². The molecule has 0 saturated carbocycles. The van der Waals surface area contributed by atoms with Gasteiger partial charge < -0.3 is 19.7 Å². The molecule has 1 N–H and O–H groups in total. The van der Waals surface area contributed by atoms with Crippen LogP contribution in [0.25, 0.3) is 0 Å². The number of likely N-dealkylation sites (tertiary alicyclic amines) is 1. The second-order valence-corrected chi connectivity index (χ2v) is 4.84. The predicted octanol–water partition coefficient (Wildman–Crippen LogP) is 2.73. The number of rotatable bonds is 4. The van der Waals surface area contributed by atoms with Gasteiger partial charge >= 0.3 is 6.09 Å². The van der Waals surface area contributed by atoms with Crippen molar-refractivity contribution in [2.45, 2.75) is 25.8 Å². The van der Waals surface area contributed by atoms with E-state index >= 15 is 0 Å². The largest absolute Gasteiger partial charge is 0.497 e. The predicted molar refractivity (Wildman–Crippen MR) is 78.2 cm³/mol. The number of benzene rings is 1. The summed E-state index contributed by atoms with van der Waals surface area (Å²) in [6.07, 6.45) is 1.65. The van der Waals surface area contributed by atoms with Gasteiger partial charge in [-0.25, -0.2) is 4.79 Å². The summed E-state index contributed by atoms with van der Waals surface area (Å²) in [5.74, 6) is 0.846. The van der Waals surface area contributed by atoms with Gasteiger partial charge in [-0.1, -0.05) is 6.07 Å². The van der Waals surface area contributed by atoms with Gasteiger partial charge in [0, 0.05) is 30.9 Å². The Morgan fingerprint density at radius 3 is 2.80 bits per heavy atom. The van der Waals surface area contributed by atoms with E-state index in [4.69, 9.17) is 9.47 Å². The fourth-order valence-electron chi connectivity index (χ4n) is 2.37. The van der Waals surface area contributed by atoms with Crippen molar-refractivity contribution in [1.82, 2.24) is 4.90 Å². The smallest absolute Gasteiger partial charge is 0.409 e. The van der Waals surface area contributed by atoms with Crippen molar-refractivity contribution in [3.8, 4) is 5.75 Å². The van der Waals surface area contributed by atoms with Gasteiger partial charge in [-0.3, -0.25) is 0 Å². The van der Waals surface area contributed by atoms with E-state index in [9.17, 15) is 4.79 Å². The molecule has 1 aliphatic rings. The van der Waals surface area contributed by atoms with Crippen molar-refractivity contribution in [1.29, 1.82) is 0 Å². The molecule has 0 unspecified atom stereocenters. The van der Waals surface area contributed by atoms with E-state index in [-0.39, 0.29) is 6.09 Å². The number of nitrogens with zero attached hydrogens (tertiary/aromatic N) is 1. The fraction of sp³-hybridized carbons (Fsp3) is 0.533. The molecule has 1 heterocycles. The zero-order chi connectivity index (χ0) is 14.4. The second-order valence-electron chi connectivity index (χ2n) is 4.84. The van der Waals surface area contributed by atoms with Gasteiger partial charge in [0.15, 0.2) is 0 Å². The lowest BCUT2D eigenvalue weighted by molar-refractivity contribution is 0.0983. The van der Waals surface area contributed by atoms with Crippen LogP contribution in [-0.2, 0) is 4.74 Å². The zero-order valence-corrected chi connectivity index (χ0v) is 12.1. The van der Waals surface area contributed by atoms with Crippen molar-refractivity contribution in [2.75, 3.05) is 32.1 Å². The number of nitrogens with one attached hydrogen (secondary N) is 1. The third-order valence-electron chi connectivity index (χ3n) is 3.46. The average Bonchev–Trinajstić information content (AvgIpc) is 2.48. The first-order chi connectivity index (χ1) is 9.72. The molecule has 0 radical (unpaired) electrons. The van der Waals surface area contributed by atoms with Crippen LogP contribution in [0.5, 0.6) is 5.75 Å². The zero-order valence-electron chi connectivity index (χ0n) is 12.1. The van der Waals surface area contributed by atoms with E-state index in [0.717, 1.165) is 37.4 Å². The average molecular weight is 278 g/mol. The number of ether oxygens (including phenoxy) is 2. The van der Waals surface area contributed by atoms with Gasteiger partial charge in [0.05, 0.1) is 13.7 Å². The van der Waals surface area contributed by atoms with Crippen LogP contribution in [0.4, 0.5) is 10.5 Å². The molecule has 5 nitrogen and oxygen atoms in total. The van der Waals surface area contributed by atoms with Crippen molar-refractivity contribution in [3.63, 3.8) is 0 Å². The maximum absolute atomic E-state index is 11.6. The molecule has 1 saturated heterocycles. The molecule has 0 atom stereocenters. The molecule has 0 bridgehead atoms. The first kappa shape index (κ1) is 14.5. The third kappa shape index (κ3) is 3.79. The molecule has 0 spiro atoms. The highest BCUT2D eigenvalue weighted by Crippen LogP contribution is 2.21. The van der Waals surface area contributed by atoms with Crippen molar-refractivity contribution in [2.24, 2.45) is 0 Å². The number of carbonyl (C=O) groups excluding carboxylic acids is 1. The summed E-state index contributed by atoms with van der Waals surface area (Å²) in [5, 5.41) is 3.49. The van der Waals surface area contributed by atoms with Crippen LogP contribution in [0.1, 0.15) is 19.8 Å². The maximum Gasteiger partial charge on any atom is 0.409 e. The quantitative estimate of drug-likeness (QED) is 0.920. The van der Waals surface area contributed by atoms with Crippen molar-refractivity contribution >= 4 is 11.8 Å².